The molecule has 0 unspecified atom stereocenters. The summed E-state index contributed by atoms with van der Waals surface area (Å²) in [4.78, 5) is 10.2. The summed E-state index contributed by atoms with van der Waals surface area (Å²) in [5.41, 5.74) is 0.577. The highest BCUT2D eigenvalue weighted by Gasteiger charge is 2.09. The molecule has 5 heteroatoms. The molecule has 72 valence electrons. The van der Waals surface area contributed by atoms with Gasteiger partial charge in [0.1, 0.15) is 0 Å². The van der Waals surface area contributed by atoms with Gasteiger partial charge in [-0.25, -0.2) is 4.79 Å². The SMILES string of the molecule is O=C(O)COc1noc2ccccc12. The number of benzene rings is 1. The van der Waals surface area contributed by atoms with Gasteiger partial charge in [-0.3, -0.25) is 0 Å². The first-order valence-corrected chi connectivity index (χ1v) is 3.96. The van der Waals surface area contributed by atoms with Crippen LogP contribution in [0.4, 0.5) is 0 Å². The lowest BCUT2D eigenvalue weighted by Crippen LogP contribution is -2.09. The molecule has 0 aliphatic carbocycles. The maximum atomic E-state index is 10.2. The first kappa shape index (κ1) is 8.55. The fourth-order valence-corrected chi connectivity index (χ4v) is 1.10. The zero-order chi connectivity index (χ0) is 9.97. The van der Waals surface area contributed by atoms with Gasteiger partial charge in [-0.15, -0.1) is 0 Å². The Balaban J connectivity index is 2.29. The normalized spacial score (nSPS) is 10.3. The topological polar surface area (TPSA) is 72.6 Å². The van der Waals surface area contributed by atoms with Crippen molar-refractivity contribution in [2.24, 2.45) is 0 Å². The van der Waals surface area contributed by atoms with E-state index in [0.717, 1.165) is 0 Å². The molecule has 0 bridgehead atoms. The van der Waals surface area contributed by atoms with Crippen LogP contribution in [0.1, 0.15) is 0 Å². The molecule has 0 amide bonds. The Labute approximate surface area is 78.9 Å². The highest BCUT2D eigenvalue weighted by Crippen LogP contribution is 2.23. The first-order chi connectivity index (χ1) is 6.77. The molecule has 0 spiro atoms. The van der Waals surface area contributed by atoms with Gasteiger partial charge in [0.2, 0.25) is 0 Å². The van der Waals surface area contributed by atoms with Crippen LogP contribution in [0.2, 0.25) is 0 Å². The highest BCUT2D eigenvalue weighted by atomic mass is 16.5. The number of carboxylic acid groups (broad SMARTS) is 1. The third-order valence-electron chi connectivity index (χ3n) is 1.68. The quantitative estimate of drug-likeness (QED) is 0.795. The van der Waals surface area contributed by atoms with E-state index in [1.54, 1.807) is 24.3 Å². The van der Waals surface area contributed by atoms with E-state index in [0.29, 0.717) is 11.0 Å². The molecule has 1 aromatic heterocycles. The van der Waals surface area contributed by atoms with E-state index in [4.69, 9.17) is 14.4 Å². The largest absolute Gasteiger partial charge is 0.479 e. The van der Waals surface area contributed by atoms with Gasteiger partial charge in [0.05, 0.1) is 5.39 Å². The van der Waals surface area contributed by atoms with Gasteiger partial charge in [0.25, 0.3) is 5.88 Å². The van der Waals surface area contributed by atoms with Crippen molar-refractivity contribution in [1.29, 1.82) is 0 Å². The average Bonchev–Trinajstić information content (AvgIpc) is 2.58. The van der Waals surface area contributed by atoms with Crippen LogP contribution in [0, 0.1) is 0 Å². The lowest BCUT2D eigenvalue weighted by Gasteiger charge is -1.96. The smallest absolute Gasteiger partial charge is 0.341 e. The van der Waals surface area contributed by atoms with Crippen molar-refractivity contribution in [1.82, 2.24) is 5.16 Å². The van der Waals surface area contributed by atoms with Crippen LogP contribution < -0.4 is 4.74 Å². The van der Waals surface area contributed by atoms with Crippen LogP contribution in [-0.2, 0) is 4.79 Å². The van der Waals surface area contributed by atoms with Crippen molar-refractivity contribution >= 4 is 16.9 Å². The van der Waals surface area contributed by atoms with Crippen molar-refractivity contribution in [2.75, 3.05) is 6.61 Å². The van der Waals surface area contributed by atoms with E-state index in [9.17, 15) is 4.79 Å². The van der Waals surface area contributed by atoms with Crippen molar-refractivity contribution in [3.63, 3.8) is 0 Å². The van der Waals surface area contributed by atoms with Crippen molar-refractivity contribution in [3.8, 4) is 5.88 Å². The third kappa shape index (κ3) is 1.52. The Morgan fingerprint density at radius 2 is 2.29 bits per heavy atom. The molecule has 1 heterocycles. The van der Waals surface area contributed by atoms with Gasteiger partial charge in [-0.1, -0.05) is 12.1 Å². The number of rotatable bonds is 3. The summed E-state index contributed by atoms with van der Waals surface area (Å²) in [7, 11) is 0. The Hall–Kier alpha value is -2.04. The number of hydrogen-bond donors (Lipinski definition) is 1. The Morgan fingerprint density at radius 3 is 3.07 bits per heavy atom. The Kier molecular flexibility index (Phi) is 2.06. The predicted octanol–water partition coefficient (Wildman–Crippen LogP) is 1.29. The minimum Gasteiger partial charge on any atom is -0.479 e. The zero-order valence-electron chi connectivity index (χ0n) is 7.14. The molecule has 1 aromatic carbocycles. The summed E-state index contributed by atoms with van der Waals surface area (Å²) in [6, 6.07) is 7.08. The molecule has 14 heavy (non-hydrogen) atoms. The first-order valence-electron chi connectivity index (χ1n) is 3.96. The van der Waals surface area contributed by atoms with Crippen LogP contribution in [-0.4, -0.2) is 22.8 Å². The summed E-state index contributed by atoms with van der Waals surface area (Å²) in [5.74, 6) is -0.833. The number of aliphatic carboxylic acids is 1. The number of ether oxygens (including phenoxy) is 1. The van der Waals surface area contributed by atoms with Gasteiger partial charge < -0.3 is 14.4 Å². The number of nitrogens with zero attached hydrogens (tertiary/aromatic N) is 1. The minimum atomic E-state index is -1.04. The molecule has 0 saturated heterocycles. The summed E-state index contributed by atoms with van der Waals surface area (Å²) in [5, 5.41) is 12.7. The Bertz CT molecular complexity index is 463. The van der Waals surface area contributed by atoms with E-state index in [-0.39, 0.29) is 5.88 Å². The molecule has 0 radical (unpaired) electrons. The molecule has 0 aliphatic heterocycles. The van der Waals surface area contributed by atoms with Crippen molar-refractivity contribution in [3.05, 3.63) is 24.3 Å². The molecule has 0 aliphatic rings. The molecule has 0 atom stereocenters. The Morgan fingerprint density at radius 1 is 1.50 bits per heavy atom. The van der Waals surface area contributed by atoms with Crippen LogP contribution in [0.3, 0.4) is 0 Å². The van der Waals surface area contributed by atoms with E-state index >= 15 is 0 Å². The molecule has 0 fully saturated rings. The summed E-state index contributed by atoms with van der Waals surface area (Å²) >= 11 is 0. The van der Waals surface area contributed by atoms with Gasteiger partial charge in [-0.05, 0) is 17.3 Å². The maximum Gasteiger partial charge on any atom is 0.341 e. The fraction of sp³-hybridized carbons (Fsp3) is 0.111. The summed E-state index contributed by atoms with van der Waals surface area (Å²) in [6.07, 6.45) is 0. The van der Waals surface area contributed by atoms with Gasteiger partial charge in [-0.2, -0.15) is 0 Å². The average molecular weight is 193 g/mol. The third-order valence-corrected chi connectivity index (χ3v) is 1.68. The number of para-hydroxylation sites is 1. The second kappa shape index (κ2) is 3.37. The number of hydrogen-bond acceptors (Lipinski definition) is 4. The molecular formula is C9H7NO4. The highest BCUT2D eigenvalue weighted by molar-refractivity contribution is 5.82. The second-order valence-electron chi connectivity index (χ2n) is 2.67. The standard InChI is InChI=1S/C9H7NO4/c11-8(12)5-13-9-6-3-1-2-4-7(6)14-10-9/h1-4H,5H2,(H,11,12). The number of carbonyl (C=O) groups is 1. The maximum absolute atomic E-state index is 10.2. The zero-order valence-corrected chi connectivity index (χ0v) is 7.14. The van der Waals surface area contributed by atoms with Gasteiger partial charge in [0, 0.05) is 0 Å². The predicted molar refractivity (Wildman–Crippen MR) is 47.1 cm³/mol. The molecule has 2 rings (SSSR count). The lowest BCUT2D eigenvalue weighted by molar-refractivity contribution is -0.139. The van der Waals surface area contributed by atoms with Gasteiger partial charge >= 0.3 is 5.97 Å². The molecule has 5 nitrogen and oxygen atoms in total. The number of carboxylic acids is 1. The molecular weight excluding hydrogens is 186 g/mol. The van der Waals surface area contributed by atoms with Crippen LogP contribution in [0.15, 0.2) is 28.8 Å². The van der Waals surface area contributed by atoms with E-state index < -0.39 is 12.6 Å². The van der Waals surface area contributed by atoms with Gasteiger partial charge in [0.15, 0.2) is 12.2 Å². The minimum absolute atomic E-state index is 0.211. The van der Waals surface area contributed by atoms with E-state index in [1.807, 2.05) is 0 Å². The van der Waals surface area contributed by atoms with Crippen LogP contribution in [0.5, 0.6) is 5.88 Å². The van der Waals surface area contributed by atoms with Crippen molar-refractivity contribution < 1.29 is 19.2 Å². The van der Waals surface area contributed by atoms with E-state index in [1.165, 1.54) is 0 Å². The van der Waals surface area contributed by atoms with Crippen molar-refractivity contribution in [2.45, 2.75) is 0 Å². The lowest BCUT2D eigenvalue weighted by atomic mass is 10.3. The number of fused-ring (bicyclic) bond motifs is 1. The van der Waals surface area contributed by atoms with Crippen LogP contribution >= 0.6 is 0 Å². The second-order valence-corrected chi connectivity index (χ2v) is 2.67. The van der Waals surface area contributed by atoms with E-state index in [2.05, 4.69) is 5.16 Å². The molecule has 0 saturated carbocycles. The molecule has 1 N–H and O–H groups in total. The van der Waals surface area contributed by atoms with Crippen LogP contribution in [0.25, 0.3) is 11.0 Å². The fourth-order valence-electron chi connectivity index (χ4n) is 1.10. The monoisotopic (exact) mass is 193 g/mol. The molecule has 2 aromatic rings. The summed E-state index contributed by atoms with van der Waals surface area (Å²) < 4.78 is 9.83. The summed E-state index contributed by atoms with van der Waals surface area (Å²) in [6.45, 7) is -0.420. The number of aromatic nitrogens is 1.